The second kappa shape index (κ2) is 3.36. The van der Waals surface area contributed by atoms with Gasteiger partial charge in [-0.25, -0.2) is 9.97 Å². The van der Waals surface area contributed by atoms with Crippen LogP contribution in [0.4, 0.5) is 0 Å². The standard InChI is InChI=1S/C10H13N3O/c1-6-5-9(12-7(2)11-6)10(14)13-8-3-4-8/h5,8H,3-4H2,1-2H3,(H,13,14). The van der Waals surface area contributed by atoms with E-state index in [1.165, 1.54) is 0 Å². The predicted molar refractivity (Wildman–Crippen MR) is 52.0 cm³/mol. The first-order valence-electron chi connectivity index (χ1n) is 4.78. The topological polar surface area (TPSA) is 54.9 Å². The van der Waals surface area contributed by atoms with E-state index in [1.54, 1.807) is 13.0 Å². The van der Waals surface area contributed by atoms with E-state index in [0.717, 1.165) is 18.5 Å². The third-order valence-electron chi connectivity index (χ3n) is 2.11. The molecular weight excluding hydrogens is 178 g/mol. The Labute approximate surface area is 82.8 Å². The number of carbonyl (C=O) groups is 1. The maximum atomic E-state index is 11.6. The molecule has 1 aliphatic rings. The van der Waals surface area contributed by atoms with E-state index in [-0.39, 0.29) is 5.91 Å². The zero-order valence-corrected chi connectivity index (χ0v) is 8.37. The maximum absolute atomic E-state index is 11.6. The van der Waals surface area contributed by atoms with Crippen LogP contribution in [-0.4, -0.2) is 21.9 Å². The van der Waals surface area contributed by atoms with Crippen LogP contribution in [0.1, 0.15) is 34.8 Å². The number of hydrogen-bond acceptors (Lipinski definition) is 3. The number of amides is 1. The Balaban J connectivity index is 2.17. The number of nitrogens with zero attached hydrogens (tertiary/aromatic N) is 2. The zero-order valence-electron chi connectivity index (χ0n) is 8.37. The SMILES string of the molecule is Cc1cc(C(=O)NC2CC2)nc(C)n1. The van der Waals surface area contributed by atoms with E-state index in [1.807, 2.05) is 6.92 Å². The minimum Gasteiger partial charge on any atom is -0.348 e. The van der Waals surface area contributed by atoms with Gasteiger partial charge in [-0.15, -0.1) is 0 Å². The Bertz CT molecular complexity index is 351. The molecule has 0 aromatic carbocycles. The van der Waals surface area contributed by atoms with Crippen molar-refractivity contribution in [2.75, 3.05) is 0 Å². The molecule has 74 valence electrons. The molecular formula is C10H13N3O. The fraction of sp³-hybridized carbons (Fsp3) is 0.500. The molecule has 1 heterocycles. The fourth-order valence-corrected chi connectivity index (χ4v) is 1.32. The number of aromatic nitrogens is 2. The van der Waals surface area contributed by atoms with Crippen molar-refractivity contribution in [3.8, 4) is 0 Å². The molecule has 0 atom stereocenters. The summed E-state index contributed by atoms with van der Waals surface area (Å²) in [6.07, 6.45) is 2.18. The third-order valence-corrected chi connectivity index (χ3v) is 2.11. The van der Waals surface area contributed by atoms with Gasteiger partial charge in [-0.1, -0.05) is 0 Å². The van der Waals surface area contributed by atoms with E-state index in [9.17, 15) is 4.79 Å². The number of rotatable bonds is 2. The van der Waals surface area contributed by atoms with Crippen molar-refractivity contribution in [3.05, 3.63) is 23.3 Å². The first-order valence-corrected chi connectivity index (χ1v) is 4.78. The van der Waals surface area contributed by atoms with Crippen molar-refractivity contribution in [2.45, 2.75) is 32.7 Å². The Hall–Kier alpha value is -1.45. The van der Waals surface area contributed by atoms with Crippen LogP contribution in [0.5, 0.6) is 0 Å². The Morgan fingerprint density at radius 3 is 2.71 bits per heavy atom. The zero-order chi connectivity index (χ0) is 10.1. The largest absolute Gasteiger partial charge is 0.348 e. The highest BCUT2D eigenvalue weighted by Crippen LogP contribution is 2.19. The molecule has 14 heavy (non-hydrogen) atoms. The quantitative estimate of drug-likeness (QED) is 0.758. The smallest absolute Gasteiger partial charge is 0.270 e. The lowest BCUT2D eigenvalue weighted by atomic mass is 10.3. The average molecular weight is 191 g/mol. The summed E-state index contributed by atoms with van der Waals surface area (Å²) in [5.74, 6) is 0.562. The van der Waals surface area contributed by atoms with Crippen LogP contribution < -0.4 is 5.32 Å². The lowest BCUT2D eigenvalue weighted by molar-refractivity contribution is 0.0945. The van der Waals surface area contributed by atoms with Gasteiger partial charge < -0.3 is 5.32 Å². The van der Waals surface area contributed by atoms with E-state index in [2.05, 4.69) is 15.3 Å². The third kappa shape index (κ3) is 2.07. The van der Waals surface area contributed by atoms with Gasteiger partial charge in [0, 0.05) is 11.7 Å². The second-order valence-electron chi connectivity index (χ2n) is 3.69. The highest BCUT2D eigenvalue weighted by molar-refractivity contribution is 5.92. The predicted octanol–water partition coefficient (Wildman–Crippen LogP) is 0.986. The molecule has 0 saturated heterocycles. The first kappa shape index (κ1) is 9.12. The van der Waals surface area contributed by atoms with Crippen molar-refractivity contribution < 1.29 is 4.79 Å². The minimum absolute atomic E-state index is 0.0823. The summed E-state index contributed by atoms with van der Waals surface area (Å²) < 4.78 is 0. The molecule has 0 radical (unpaired) electrons. The van der Waals surface area contributed by atoms with Gasteiger partial charge >= 0.3 is 0 Å². The minimum atomic E-state index is -0.0823. The van der Waals surface area contributed by atoms with Crippen LogP contribution in [0.25, 0.3) is 0 Å². The number of nitrogens with one attached hydrogen (secondary N) is 1. The normalized spacial score (nSPS) is 15.3. The first-order chi connectivity index (χ1) is 6.65. The Kier molecular flexibility index (Phi) is 2.19. The molecule has 0 spiro atoms. The highest BCUT2D eigenvalue weighted by atomic mass is 16.2. The van der Waals surface area contributed by atoms with Gasteiger partial charge in [0.2, 0.25) is 0 Å². The Morgan fingerprint density at radius 2 is 2.14 bits per heavy atom. The van der Waals surface area contributed by atoms with Gasteiger partial charge in [0.05, 0.1) is 0 Å². The number of hydrogen-bond donors (Lipinski definition) is 1. The van der Waals surface area contributed by atoms with Crippen molar-refractivity contribution in [2.24, 2.45) is 0 Å². The molecule has 1 aromatic heterocycles. The summed E-state index contributed by atoms with van der Waals surface area (Å²) in [6.45, 7) is 3.66. The average Bonchev–Trinajstić information content (AvgIpc) is 2.86. The highest BCUT2D eigenvalue weighted by Gasteiger charge is 2.24. The molecule has 1 aromatic rings. The van der Waals surface area contributed by atoms with Gasteiger partial charge in [-0.2, -0.15) is 0 Å². The molecule has 1 aliphatic carbocycles. The van der Waals surface area contributed by atoms with E-state index < -0.39 is 0 Å². The van der Waals surface area contributed by atoms with Crippen molar-refractivity contribution in [1.29, 1.82) is 0 Å². The van der Waals surface area contributed by atoms with Gasteiger partial charge in [-0.05, 0) is 32.8 Å². The fourth-order valence-electron chi connectivity index (χ4n) is 1.32. The van der Waals surface area contributed by atoms with Crippen LogP contribution in [0.2, 0.25) is 0 Å². The van der Waals surface area contributed by atoms with Crippen LogP contribution in [0.15, 0.2) is 6.07 Å². The van der Waals surface area contributed by atoms with E-state index in [0.29, 0.717) is 17.6 Å². The molecule has 4 heteroatoms. The maximum Gasteiger partial charge on any atom is 0.270 e. The molecule has 0 bridgehead atoms. The summed E-state index contributed by atoms with van der Waals surface area (Å²) in [5.41, 5.74) is 1.31. The summed E-state index contributed by atoms with van der Waals surface area (Å²) in [5, 5.41) is 2.90. The van der Waals surface area contributed by atoms with E-state index >= 15 is 0 Å². The van der Waals surface area contributed by atoms with Crippen LogP contribution in [0.3, 0.4) is 0 Å². The van der Waals surface area contributed by atoms with Crippen LogP contribution >= 0.6 is 0 Å². The van der Waals surface area contributed by atoms with Crippen LogP contribution in [-0.2, 0) is 0 Å². The summed E-state index contributed by atoms with van der Waals surface area (Å²) in [7, 11) is 0. The summed E-state index contributed by atoms with van der Waals surface area (Å²) in [6, 6.07) is 2.09. The molecule has 1 amide bonds. The number of carbonyl (C=O) groups excluding carboxylic acids is 1. The lowest BCUT2D eigenvalue weighted by Gasteiger charge is -2.03. The monoisotopic (exact) mass is 191 g/mol. The Morgan fingerprint density at radius 1 is 1.43 bits per heavy atom. The summed E-state index contributed by atoms with van der Waals surface area (Å²) in [4.78, 5) is 19.8. The molecule has 1 fully saturated rings. The van der Waals surface area contributed by atoms with Crippen molar-refractivity contribution in [3.63, 3.8) is 0 Å². The van der Waals surface area contributed by atoms with Gasteiger partial charge in [0.15, 0.2) is 0 Å². The van der Waals surface area contributed by atoms with E-state index in [4.69, 9.17) is 0 Å². The van der Waals surface area contributed by atoms with Gasteiger partial charge in [0.25, 0.3) is 5.91 Å². The summed E-state index contributed by atoms with van der Waals surface area (Å²) >= 11 is 0. The van der Waals surface area contributed by atoms with Crippen molar-refractivity contribution in [1.82, 2.24) is 15.3 Å². The molecule has 1 saturated carbocycles. The molecule has 2 rings (SSSR count). The van der Waals surface area contributed by atoms with Crippen molar-refractivity contribution >= 4 is 5.91 Å². The van der Waals surface area contributed by atoms with Gasteiger partial charge in [0.1, 0.15) is 11.5 Å². The molecule has 0 unspecified atom stereocenters. The van der Waals surface area contributed by atoms with Crippen LogP contribution in [0, 0.1) is 13.8 Å². The molecule has 1 N–H and O–H groups in total. The number of aryl methyl sites for hydroxylation is 2. The van der Waals surface area contributed by atoms with Gasteiger partial charge in [-0.3, -0.25) is 4.79 Å². The molecule has 4 nitrogen and oxygen atoms in total. The lowest BCUT2D eigenvalue weighted by Crippen LogP contribution is -2.26. The second-order valence-corrected chi connectivity index (χ2v) is 3.69. The molecule has 0 aliphatic heterocycles.